The van der Waals surface area contributed by atoms with Crippen LogP contribution in [0, 0.1) is 12.8 Å². The van der Waals surface area contributed by atoms with Gasteiger partial charge in [0.1, 0.15) is 0 Å². The van der Waals surface area contributed by atoms with Gasteiger partial charge in [0.25, 0.3) is 5.91 Å². The van der Waals surface area contributed by atoms with Crippen molar-refractivity contribution in [2.24, 2.45) is 5.92 Å². The number of nitrogens with zero attached hydrogens (tertiary/aromatic N) is 1. The fraction of sp³-hybridized carbons (Fsp3) is 0.500. The highest BCUT2D eigenvalue weighted by Crippen LogP contribution is 2.32. The molecule has 2 aliphatic rings. The molecule has 2 amide bonds. The summed E-state index contributed by atoms with van der Waals surface area (Å²) in [4.78, 5) is 26.0. The number of aryl methyl sites for hydroxylation is 1. The van der Waals surface area contributed by atoms with Gasteiger partial charge in [-0.05, 0) is 38.3 Å². The van der Waals surface area contributed by atoms with Crippen molar-refractivity contribution >= 4 is 11.8 Å². The van der Waals surface area contributed by atoms with Gasteiger partial charge in [-0.2, -0.15) is 0 Å². The number of benzene rings is 1. The molecule has 0 aromatic heterocycles. The first-order valence-corrected chi connectivity index (χ1v) is 7.30. The molecule has 4 heteroatoms. The molecule has 0 radical (unpaired) electrons. The molecular weight excluding hydrogens is 252 g/mol. The molecule has 2 fully saturated rings. The SMILES string of the molecule is Cc1cccc(C(=O)NC2CCN(C(=O)C3CC3)C2)c1. The van der Waals surface area contributed by atoms with Crippen molar-refractivity contribution in [2.75, 3.05) is 13.1 Å². The number of likely N-dealkylation sites (tertiary alicyclic amines) is 1. The van der Waals surface area contributed by atoms with E-state index in [1.54, 1.807) is 0 Å². The number of carbonyl (C=O) groups is 2. The van der Waals surface area contributed by atoms with Crippen LogP contribution in [0.4, 0.5) is 0 Å². The minimum absolute atomic E-state index is 0.0422. The zero-order chi connectivity index (χ0) is 14.1. The van der Waals surface area contributed by atoms with E-state index in [2.05, 4.69) is 5.32 Å². The molecule has 1 aliphatic carbocycles. The van der Waals surface area contributed by atoms with E-state index in [1.807, 2.05) is 36.1 Å². The Morgan fingerprint density at radius 2 is 2.05 bits per heavy atom. The molecule has 20 heavy (non-hydrogen) atoms. The van der Waals surface area contributed by atoms with Gasteiger partial charge in [-0.1, -0.05) is 17.7 Å². The van der Waals surface area contributed by atoms with E-state index in [9.17, 15) is 9.59 Å². The molecule has 0 bridgehead atoms. The Morgan fingerprint density at radius 3 is 2.75 bits per heavy atom. The summed E-state index contributed by atoms with van der Waals surface area (Å²) in [6.45, 7) is 3.41. The van der Waals surface area contributed by atoms with Crippen molar-refractivity contribution in [3.63, 3.8) is 0 Å². The Kier molecular flexibility index (Phi) is 3.47. The molecule has 1 unspecified atom stereocenters. The lowest BCUT2D eigenvalue weighted by atomic mass is 10.1. The maximum Gasteiger partial charge on any atom is 0.251 e. The van der Waals surface area contributed by atoms with Crippen molar-refractivity contribution in [3.8, 4) is 0 Å². The Morgan fingerprint density at radius 1 is 1.25 bits per heavy atom. The maximum absolute atomic E-state index is 12.2. The third kappa shape index (κ3) is 2.84. The number of nitrogens with one attached hydrogen (secondary N) is 1. The maximum atomic E-state index is 12.2. The summed E-state index contributed by atoms with van der Waals surface area (Å²) in [5, 5.41) is 3.03. The zero-order valence-electron chi connectivity index (χ0n) is 11.8. The normalized spacial score (nSPS) is 21.9. The molecule has 1 N–H and O–H groups in total. The van der Waals surface area contributed by atoms with Gasteiger partial charge in [0.05, 0.1) is 0 Å². The first-order chi connectivity index (χ1) is 9.63. The second kappa shape index (κ2) is 5.27. The standard InChI is InChI=1S/C16H20N2O2/c1-11-3-2-4-13(9-11)15(19)17-14-7-8-18(10-14)16(20)12-5-6-12/h2-4,9,12,14H,5-8,10H2,1H3,(H,17,19). The third-order valence-electron chi connectivity index (χ3n) is 4.04. The lowest BCUT2D eigenvalue weighted by Crippen LogP contribution is -2.38. The number of rotatable bonds is 3. The van der Waals surface area contributed by atoms with Crippen molar-refractivity contribution in [1.29, 1.82) is 0 Å². The summed E-state index contributed by atoms with van der Waals surface area (Å²) < 4.78 is 0. The summed E-state index contributed by atoms with van der Waals surface area (Å²) >= 11 is 0. The highest BCUT2D eigenvalue weighted by Gasteiger charge is 2.36. The van der Waals surface area contributed by atoms with Gasteiger partial charge >= 0.3 is 0 Å². The summed E-state index contributed by atoms with van der Waals surface area (Å²) in [5.41, 5.74) is 1.77. The highest BCUT2D eigenvalue weighted by molar-refractivity contribution is 5.94. The van der Waals surface area contributed by atoms with Crippen LogP contribution >= 0.6 is 0 Å². The van der Waals surface area contributed by atoms with E-state index < -0.39 is 0 Å². The van der Waals surface area contributed by atoms with E-state index in [1.165, 1.54) is 0 Å². The molecule has 1 saturated carbocycles. The predicted octanol–water partition coefficient (Wildman–Crippen LogP) is 1.74. The van der Waals surface area contributed by atoms with E-state index in [-0.39, 0.29) is 23.8 Å². The Balaban J connectivity index is 1.56. The third-order valence-corrected chi connectivity index (χ3v) is 4.04. The topological polar surface area (TPSA) is 49.4 Å². The first kappa shape index (κ1) is 13.2. The van der Waals surface area contributed by atoms with Crippen LogP contribution < -0.4 is 5.32 Å². The van der Waals surface area contributed by atoms with Gasteiger partial charge in [-0.3, -0.25) is 9.59 Å². The monoisotopic (exact) mass is 272 g/mol. The lowest BCUT2D eigenvalue weighted by molar-refractivity contribution is -0.131. The molecule has 4 nitrogen and oxygen atoms in total. The Labute approximate surface area is 119 Å². The quantitative estimate of drug-likeness (QED) is 0.911. The van der Waals surface area contributed by atoms with E-state index >= 15 is 0 Å². The van der Waals surface area contributed by atoms with Gasteiger partial charge < -0.3 is 10.2 Å². The molecule has 1 aromatic carbocycles. The second-order valence-corrected chi connectivity index (χ2v) is 5.89. The lowest BCUT2D eigenvalue weighted by Gasteiger charge is -2.17. The minimum atomic E-state index is -0.0422. The molecule has 1 aliphatic heterocycles. The number of carbonyl (C=O) groups excluding carboxylic acids is 2. The largest absolute Gasteiger partial charge is 0.347 e. The molecular formula is C16H20N2O2. The smallest absolute Gasteiger partial charge is 0.251 e. The zero-order valence-corrected chi connectivity index (χ0v) is 11.8. The van der Waals surface area contributed by atoms with Crippen molar-refractivity contribution < 1.29 is 9.59 Å². The summed E-state index contributed by atoms with van der Waals surface area (Å²) in [6, 6.07) is 7.66. The van der Waals surface area contributed by atoms with Crippen molar-refractivity contribution in [2.45, 2.75) is 32.2 Å². The molecule has 1 heterocycles. The summed E-state index contributed by atoms with van der Waals surface area (Å²) in [6.07, 6.45) is 2.93. The Bertz CT molecular complexity index is 537. The van der Waals surface area contributed by atoms with Crippen LogP contribution in [-0.2, 0) is 4.79 Å². The average Bonchev–Trinajstić information content (AvgIpc) is 3.18. The molecule has 0 spiro atoms. The van der Waals surface area contributed by atoms with Gasteiger partial charge in [0, 0.05) is 30.6 Å². The van der Waals surface area contributed by atoms with Gasteiger partial charge in [0.15, 0.2) is 0 Å². The van der Waals surface area contributed by atoms with Crippen LogP contribution in [0.2, 0.25) is 0 Å². The van der Waals surface area contributed by atoms with E-state index in [0.29, 0.717) is 12.1 Å². The minimum Gasteiger partial charge on any atom is -0.347 e. The van der Waals surface area contributed by atoms with Crippen LogP contribution in [0.3, 0.4) is 0 Å². The van der Waals surface area contributed by atoms with Crippen molar-refractivity contribution in [1.82, 2.24) is 10.2 Å². The van der Waals surface area contributed by atoms with Crippen molar-refractivity contribution in [3.05, 3.63) is 35.4 Å². The predicted molar refractivity (Wildman–Crippen MR) is 76.4 cm³/mol. The number of hydrogen-bond donors (Lipinski definition) is 1. The van der Waals surface area contributed by atoms with Crippen LogP contribution in [0.1, 0.15) is 35.2 Å². The molecule has 1 atom stereocenters. The molecule has 1 saturated heterocycles. The van der Waals surface area contributed by atoms with E-state index in [0.717, 1.165) is 31.4 Å². The average molecular weight is 272 g/mol. The van der Waals surface area contributed by atoms with Crippen LogP contribution in [0.25, 0.3) is 0 Å². The highest BCUT2D eigenvalue weighted by atomic mass is 16.2. The van der Waals surface area contributed by atoms with Gasteiger partial charge in [-0.25, -0.2) is 0 Å². The molecule has 106 valence electrons. The van der Waals surface area contributed by atoms with Crippen LogP contribution in [0.5, 0.6) is 0 Å². The van der Waals surface area contributed by atoms with Crippen LogP contribution in [0.15, 0.2) is 24.3 Å². The summed E-state index contributed by atoms with van der Waals surface area (Å²) in [7, 11) is 0. The summed E-state index contributed by atoms with van der Waals surface area (Å²) in [5.74, 6) is 0.498. The molecule has 3 rings (SSSR count). The van der Waals surface area contributed by atoms with Gasteiger partial charge in [-0.15, -0.1) is 0 Å². The number of hydrogen-bond acceptors (Lipinski definition) is 2. The van der Waals surface area contributed by atoms with E-state index in [4.69, 9.17) is 0 Å². The second-order valence-electron chi connectivity index (χ2n) is 5.89. The molecule has 1 aromatic rings. The Hall–Kier alpha value is -1.84. The number of amides is 2. The fourth-order valence-electron chi connectivity index (χ4n) is 2.72. The first-order valence-electron chi connectivity index (χ1n) is 7.30. The van der Waals surface area contributed by atoms with Gasteiger partial charge in [0.2, 0.25) is 5.91 Å². The fourth-order valence-corrected chi connectivity index (χ4v) is 2.72. The van der Waals surface area contributed by atoms with Crippen LogP contribution in [-0.4, -0.2) is 35.8 Å².